The molecule has 3 N–H and O–H groups in total. The van der Waals surface area contributed by atoms with Crippen molar-refractivity contribution in [3.05, 3.63) is 35.4 Å². The van der Waals surface area contributed by atoms with E-state index in [1.54, 1.807) is 11.8 Å². The van der Waals surface area contributed by atoms with Crippen molar-refractivity contribution in [2.24, 2.45) is 5.84 Å². The van der Waals surface area contributed by atoms with Gasteiger partial charge >= 0.3 is 0 Å². The zero-order valence-electron chi connectivity index (χ0n) is 11.0. The van der Waals surface area contributed by atoms with E-state index in [0.29, 0.717) is 5.75 Å². The third-order valence-corrected chi connectivity index (χ3v) is 3.90. The van der Waals surface area contributed by atoms with E-state index in [1.807, 2.05) is 0 Å². The smallest absolute Gasteiger partial charge is 0.129 e. The zero-order chi connectivity index (χ0) is 13.8. The molecule has 0 fully saturated rings. The van der Waals surface area contributed by atoms with Crippen LogP contribution in [-0.4, -0.2) is 16.5 Å². The van der Waals surface area contributed by atoms with Crippen molar-refractivity contribution in [2.45, 2.75) is 38.0 Å². The Morgan fingerprint density at radius 1 is 1.28 bits per heavy atom. The van der Waals surface area contributed by atoms with Crippen LogP contribution in [0.1, 0.15) is 26.3 Å². The molecule has 0 aliphatic carbocycles. The fraction of sp³-hybridized carbons (Fsp3) is 0.538. The van der Waals surface area contributed by atoms with Crippen LogP contribution in [0.3, 0.4) is 0 Å². The second kappa shape index (κ2) is 6.50. The average Bonchev–Trinajstić information content (AvgIpc) is 2.26. The second-order valence-electron chi connectivity index (χ2n) is 5.19. The first kappa shape index (κ1) is 15.4. The van der Waals surface area contributed by atoms with E-state index in [-0.39, 0.29) is 22.8 Å². The van der Waals surface area contributed by atoms with Crippen molar-refractivity contribution < 1.29 is 8.78 Å². The zero-order valence-corrected chi connectivity index (χ0v) is 11.8. The Morgan fingerprint density at radius 2 is 1.83 bits per heavy atom. The lowest BCUT2D eigenvalue weighted by Gasteiger charge is -2.22. The van der Waals surface area contributed by atoms with Crippen molar-refractivity contribution in [3.63, 3.8) is 0 Å². The fourth-order valence-corrected chi connectivity index (χ4v) is 2.41. The molecule has 2 nitrogen and oxygen atoms in total. The fourth-order valence-electron chi connectivity index (χ4n) is 1.49. The first-order valence-electron chi connectivity index (χ1n) is 5.86. The summed E-state index contributed by atoms with van der Waals surface area (Å²) in [6.07, 6.45) is 0.248. The maximum Gasteiger partial charge on any atom is 0.129 e. The molecule has 1 aromatic carbocycles. The van der Waals surface area contributed by atoms with Crippen LogP contribution >= 0.6 is 11.8 Å². The number of thioether (sulfide) groups is 1. The molecule has 0 aliphatic heterocycles. The van der Waals surface area contributed by atoms with Gasteiger partial charge in [-0.2, -0.15) is 11.8 Å². The topological polar surface area (TPSA) is 38.0 Å². The Bertz CT molecular complexity index is 371. The highest BCUT2D eigenvalue weighted by Crippen LogP contribution is 2.25. The van der Waals surface area contributed by atoms with Crippen molar-refractivity contribution in [2.75, 3.05) is 5.75 Å². The number of rotatable bonds is 5. The summed E-state index contributed by atoms with van der Waals surface area (Å²) < 4.78 is 27.1. The van der Waals surface area contributed by atoms with E-state index in [1.165, 1.54) is 18.2 Å². The highest BCUT2D eigenvalue weighted by molar-refractivity contribution is 8.00. The quantitative estimate of drug-likeness (QED) is 0.640. The van der Waals surface area contributed by atoms with Gasteiger partial charge in [-0.25, -0.2) is 8.78 Å². The average molecular weight is 274 g/mol. The molecular weight excluding hydrogens is 254 g/mol. The number of hydrazine groups is 1. The van der Waals surface area contributed by atoms with E-state index in [0.717, 1.165) is 0 Å². The van der Waals surface area contributed by atoms with Crippen LogP contribution in [0.25, 0.3) is 0 Å². The van der Waals surface area contributed by atoms with E-state index >= 15 is 0 Å². The molecule has 0 radical (unpaired) electrons. The summed E-state index contributed by atoms with van der Waals surface area (Å²) in [6.45, 7) is 6.28. The van der Waals surface area contributed by atoms with Crippen molar-refractivity contribution in [1.82, 2.24) is 5.43 Å². The number of benzene rings is 1. The lowest BCUT2D eigenvalue weighted by atomic mass is 10.1. The van der Waals surface area contributed by atoms with E-state index in [9.17, 15) is 8.78 Å². The molecule has 0 spiro atoms. The van der Waals surface area contributed by atoms with Gasteiger partial charge < -0.3 is 0 Å². The number of halogens is 2. The third kappa shape index (κ3) is 4.92. The SMILES string of the molecule is CC(C)(C)SCC(Cc1c(F)cccc1F)NN. The minimum absolute atomic E-state index is 0.0926. The molecule has 0 amide bonds. The molecule has 0 saturated carbocycles. The van der Waals surface area contributed by atoms with Crippen LogP contribution in [0.4, 0.5) is 8.78 Å². The number of nitrogens with two attached hydrogens (primary N) is 1. The maximum absolute atomic E-state index is 13.5. The van der Waals surface area contributed by atoms with Gasteiger partial charge in [0.05, 0.1) is 0 Å². The van der Waals surface area contributed by atoms with E-state index < -0.39 is 11.6 Å². The lowest BCUT2D eigenvalue weighted by molar-refractivity contribution is 0.511. The standard InChI is InChI=1S/C13H20F2N2S/c1-13(2,3)18-8-9(17-16)7-10-11(14)5-4-6-12(10)15/h4-6,9,17H,7-8,16H2,1-3H3. The van der Waals surface area contributed by atoms with Crippen molar-refractivity contribution in [1.29, 1.82) is 0 Å². The van der Waals surface area contributed by atoms with Gasteiger partial charge in [0.2, 0.25) is 0 Å². The lowest BCUT2D eigenvalue weighted by Crippen LogP contribution is -2.40. The minimum Gasteiger partial charge on any atom is -0.271 e. The molecular formula is C13H20F2N2S. The molecule has 0 saturated heterocycles. The normalized spacial score (nSPS) is 13.7. The number of hydrogen-bond acceptors (Lipinski definition) is 3. The second-order valence-corrected chi connectivity index (χ2v) is 7.04. The van der Waals surface area contributed by atoms with Gasteiger partial charge in [0, 0.05) is 22.1 Å². The molecule has 18 heavy (non-hydrogen) atoms. The Morgan fingerprint density at radius 3 is 2.28 bits per heavy atom. The predicted molar refractivity (Wildman–Crippen MR) is 73.4 cm³/mol. The van der Waals surface area contributed by atoms with E-state index in [4.69, 9.17) is 5.84 Å². The molecule has 5 heteroatoms. The van der Waals surface area contributed by atoms with Crippen LogP contribution < -0.4 is 11.3 Å². The molecule has 1 atom stereocenters. The molecule has 0 aromatic heterocycles. The minimum atomic E-state index is -0.518. The highest BCUT2D eigenvalue weighted by atomic mass is 32.2. The summed E-state index contributed by atoms with van der Waals surface area (Å²) >= 11 is 1.71. The predicted octanol–water partition coefficient (Wildman–Crippen LogP) is 2.87. The number of nitrogens with one attached hydrogen (secondary N) is 1. The molecule has 0 heterocycles. The summed E-state index contributed by atoms with van der Waals surface area (Å²) in [5.74, 6) is 5.11. The third-order valence-electron chi connectivity index (χ3n) is 2.47. The molecule has 1 rings (SSSR count). The summed E-state index contributed by atoms with van der Waals surface area (Å²) in [6, 6.07) is 3.75. The summed E-state index contributed by atoms with van der Waals surface area (Å²) in [4.78, 5) is 0. The maximum atomic E-state index is 13.5. The first-order chi connectivity index (χ1) is 8.33. The first-order valence-corrected chi connectivity index (χ1v) is 6.85. The van der Waals surface area contributed by atoms with Gasteiger partial charge in [-0.3, -0.25) is 11.3 Å². The molecule has 0 bridgehead atoms. The van der Waals surface area contributed by atoms with Crippen LogP contribution in [0.15, 0.2) is 18.2 Å². The van der Waals surface area contributed by atoms with Crippen LogP contribution in [-0.2, 0) is 6.42 Å². The Labute approximate surface area is 111 Å². The van der Waals surface area contributed by atoms with E-state index in [2.05, 4.69) is 26.2 Å². The van der Waals surface area contributed by atoms with Gasteiger partial charge in [0.1, 0.15) is 11.6 Å². The largest absolute Gasteiger partial charge is 0.271 e. The molecule has 1 aromatic rings. The van der Waals surface area contributed by atoms with Gasteiger partial charge in [-0.15, -0.1) is 0 Å². The summed E-state index contributed by atoms with van der Waals surface area (Å²) in [7, 11) is 0. The van der Waals surface area contributed by atoms with Crippen LogP contribution in [0, 0.1) is 11.6 Å². The Kier molecular flexibility index (Phi) is 5.56. The Hall–Kier alpha value is -0.650. The van der Waals surface area contributed by atoms with Crippen LogP contribution in [0.5, 0.6) is 0 Å². The number of hydrogen-bond donors (Lipinski definition) is 2. The van der Waals surface area contributed by atoms with Crippen molar-refractivity contribution in [3.8, 4) is 0 Å². The highest BCUT2D eigenvalue weighted by Gasteiger charge is 2.18. The van der Waals surface area contributed by atoms with Gasteiger partial charge in [0.15, 0.2) is 0 Å². The van der Waals surface area contributed by atoms with Gasteiger partial charge in [-0.1, -0.05) is 26.8 Å². The van der Waals surface area contributed by atoms with Gasteiger partial charge in [-0.05, 0) is 18.6 Å². The molecule has 102 valence electrons. The molecule has 0 aliphatic rings. The van der Waals surface area contributed by atoms with Crippen LogP contribution in [0.2, 0.25) is 0 Å². The van der Waals surface area contributed by atoms with Crippen molar-refractivity contribution >= 4 is 11.8 Å². The van der Waals surface area contributed by atoms with Gasteiger partial charge in [0.25, 0.3) is 0 Å². The summed E-state index contributed by atoms with van der Waals surface area (Å²) in [5, 5.41) is 0. The molecule has 1 unspecified atom stereocenters. The monoisotopic (exact) mass is 274 g/mol. The Balaban J connectivity index is 2.68. The summed E-state index contributed by atoms with van der Waals surface area (Å²) in [5.41, 5.74) is 2.72.